The van der Waals surface area contributed by atoms with E-state index in [1.54, 1.807) is 6.07 Å². The van der Waals surface area contributed by atoms with Crippen LogP contribution in [0, 0.1) is 11.7 Å². The smallest absolute Gasteiger partial charge is 0.306 e. The van der Waals surface area contributed by atoms with Gasteiger partial charge in [0.25, 0.3) is 0 Å². The Morgan fingerprint density at radius 1 is 1.42 bits per heavy atom. The van der Waals surface area contributed by atoms with Crippen molar-refractivity contribution in [2.45, 2.75) is 31.8 Å². The molecule has 0 saturated carbocycles. The summed E-state index contributed by atoms with van der Waals surface area (Å²) in [5.41, 5.74) is 1.92. The van der Waals surface area contributed by atoms with E-state index in [1.807, 2.05) is 0 Å². The van der Waals surface area contributed by atoms with Gasteiger partial charge in [0.1, 0.15) is 11.9 Å². The van der Waals surface area contributed by atoms with E-state index < -0.39 is 0 Å². The lowest BCUT2D eigenvalue weighted by Gasteiger charge is -2.15. The molecular weight excluding hydrogens is 247 g/mol. The molecule has 0 bridgehead atoms. The molecule has 1 heterocycles. The van der Waals surface area contributed by atoms with Crippen LogP contribution in [0.1, 0.15) is 36.5 Å². The van der Waals surface area contributed by atoms with E-state index in [0.717, 1.165) is 37.0 Å². The number of carbonyl (C=O) groups excluding carboxylic acids is 1. The first-order valence-corrected chi connectivity index (χ1v) is 6.78. The van der Waals surface area contributed by atoms with Crippen LogP contribution in [0.4, 0.5) is 4.39 Å². The maximum atomic E-state index is 13.2. The minimum absolute atomic E-state index is 0.197. The number of esters is 1. The summed E-state index contributed by atoms with van der Waals surface area (Å²) < 4.78 is 24.0. The maximum absolute atomic E-state index is 13.2. The molecule has 0 spiro atoms. The summed E-state index contributed by atoms with van der Waals surface area (Å²) in [5, 5.41) is 0. The van der Waals surface area contributed by atoms with Gasteiger partial charge in [0.2, 0.25) is 0 Å². The van der Waals surface area contributed by atoms with Crippen LogP contribution in [0.5, 0.6) is 0 Å². The number of aryl methyl sites for hydroxylation is 1. The van der Waals surface area contributed by atoms with Crippen molar-refractivity contribution in [2.75, 3.05) is 13.2 Å². The van der Waals surface area contributed by atoms with Crippen molar-refractivity contribution in [1.82, 2.24) is 0 Å². The van der Waals surface area contributed by atoms with Crippen LogP contribution in [-0.4, -0.2) is 19.2 Å². The standard InChI is InChI=1S/C15H17FO3/c16-12-3-1-11-2-4-14(13(11)8-12)19-15(17)7-10-5-6-18-9-10/h1,3,8,10,14H,2,4-7,9H2. The topological polar surface area (TPSA) is 35.5 Å². The van der Waals surface area contributed by atoms with Gasteiger partial charge in [0.05, 0.1) is 13.0 Å². The third kappa shape index (κ3) is 2.78. The van der Waals surface area contributed by atoms with Crippen LogP contribution in [-0.2, 0) is 20.7 Å². The Labute approximate surface area is 111 Å². The Kier molecular flexibility index (Phi) is 3.51. The Morgan fingerprint density at radius 3 is 3.11 bits per heavy atom. The summed E-state index contributed by atoms with van der Waals surface area (Å²) in [6.45, 7) is 1.38. The van der Waals surface area contributed by atoms with E-state index in [2.05, 4.69) is 0 Å². The molecule has 0 amide bonds. The highest BCUT2D eigenvalue weighted by Gasteiger charge is 2.28. The van der Waals surface area contributed by atoms with Crippen molar-refractivity contribution in [1.29, 1.82) is 0 Å². The molecule has 3 nitrogen and oxygen atoms in total. The second-order valence-corrected chi connectivity index (χ2v) is 5.29. The van der Waals surface area contributed by atoms with Gasteiger partial charge in [0, 0.05) is 6.61 Å². The first-order chi connectivity index (χ1) is 9.22. The summed E-state index contributed by atoms with van der Waals surface area (Å²) in [6, 6.07) is 4.72. The van der Waals surface area contributed by atoms with Gasteiger partial charge in [-0.1, -0.05) is 6.07 Å². The molecule has 102 valence electrons. The van der Waals surface area contributed by atoms with Crippen molar-refractivity contribution in [3.05, 3.63) is 35.1 Å². The maximum Gasteiger partial charge on any atom is 0.306 e. The molecule has 0 N–H and O–H groups in total. The molecule has 1 saturated heterocycles. The largest absolute Gasteiger partial charge is 0.457 e. The highest BCUT2D eigenvalue weighted by molar-refractivity contribution is 5.70. The van der Waals surface area contributed by atoms with Gasteiger partial charge in [-0.25, -0.2) is 4.39 Å². The molecule has 2 atom stereocenters. The van der Waals surface area contributed by atoms with E-state index in [9.17, 15) is 9.18 Å². The zero-order valence-electron chi connectivity index (χ0n) is 10.7. The predicted molar refractivity (Wildman–Crippen MR) is 67.1 cm³/mol. The lowest BCUT2D eigenvalue weighted by Crippen LogP contribution is -2.14. The average Bonchev–Trinajstić information content (AvgIpc) is 3.00. The molecule has 2 aliphatic rings. The Bertz CT molecular complexity index is 480. The van der Waals surface area contributed by atoms with Gasteiger partial charge in [-0.15, -0.1) is 0 Å². The molecule has 1 fully saturated rings. The second-order valence-electron chi connectivity index (χ2n) is 5.29. The van der Waals surface area contributed by atoms with Gasteiger partial charge < -0.3 is 9.47 Å². The summed E-state index contributed by atoms with van der Waals surface area (Å²) >= 11 is 0. The van der Waals surface area contributed by atoms with Gasteiger partial charge in [-0.05, 0) is 48.4 Å². The third-order valence-corrected chi connectivity index (χ3v) is 3.88. The number of carbonyl (C=O) groups is 1. The van der Waals surface area contributed by atoms with Gasteiger partial charge >= 0.3 is 5.97 Å². The van der Waals surface area contributed by atoms with E-state index in [4.69, 9.17) is 9.47 Å². The van der Waals surface area contributed by atoms with Crippen LogP contribution in [0.15, 0.2) is 18.2 Å². The van der Waals surface area contributed by atoms with E-state index in [-0.39, 0.29) is 23.8 Å². The lowest BCUT2D eigenvalue weighted by molar-refractivity contribution is -0.150. The zero-order valence-corrected chi connectivity index (χ0v) is 10.7. The molecule has 1 aliphatic carbocycles. The Hall–Kier alpha value is -1.42. The SMILES string of the molecule is O=C(CC1CCOC1)OC1CCc2ccc(F)cc21. The van der Waals surface area contributed by atoms with Crippen LogP contribution >= 0.6 is 0 Å². The van der Waals surface area contributed by atoms with Crippen molar-refractivity contribution >= 4 is 5.97 Å². The number of rotatable bonds is 3. The molecule has 4 heteroatoms. The molecule has 0 radical (unpaired) electrons. The van der Waals surface area contributed by atoms with Gasteiger partial charge in [-0.2, -0.15) is 0 Å². The fourth-order valence-electron chi connectivity index (χ4n) is 2.84. The molecule has 1 aromatic carbocycles. The van der Waals surface area contributed by atoms with Gasteiger partial charge in [0.15, 0.2) is 0 Å². The second kappa shape index (κ2) is 5.29. The van der Waals surface area contributed by atoms with Crippen LogP contribution in [0.2, 0.25) is 0 Å². The lowest BCUT2D eigenvalue weighted by atomic mass is 10.1. The normalized spacial score (nSPS) is 25.3. The number of benzene rings is 1. The Morgan fingerprint density at radius 2 is 2.32 bits per heavy atom. The number of halogens is 1. The van der Waals surface area contributed by atoms with E-state index in [1.165, 1.54) is 12.1 Å². The number of fused-ring (bicyclic) bond motifs is 1. The summed E-state index contributed by atoms with van der Waals surface area (Å²) in [4.78, 5) is 11.9. The number of ether oxygens (including phenoxy) is 2. The first-order valence-electron chi connectivity index (χ1n) is 6.78. The van der Waals surface area contributed by atoms with Crippen molar-refractivity contribution < 1.29 is 18.7 Å². The fourth-order valence-corrected chi connectivity index (χ4v) is 2.84. The fraction of sp³-hybridized carbons (Fsp3) is 0.533. The quantitative estimate of drug-likeness (QED) is 0.787. The highest BCUT2D eigenvalue weighted by Crippen LogP contribution is 2.35. The van der Waals surface area contributed by atoms with Crippen molar-refractivity contribution in [3.63, 3.8) is 0 Å². The summed E-state index contributed by atoms with van der Waals surface area (Å²) in [6.07, 6.45) is 2.65. The molecule has 0 aromatic heterocycles. The predicted octanol–water partition coefficient (Wildman–Crippen LogP) is 2.78. The van der Waals surface area contributed by atoms with E-state index in [0.29, 0.717) is 13.0 Å². The highest BCUT2D eigenvalue weighted by atomic mass is 19.1. The molecule has 19 heavy (non-hydrogen) atoms. The molecule has 3 rings (SSSR count). The van der Waals surface area contributed by atoms with Gasteiger partial charge in [-0.3, -0.25) is 4.79 Å². The van der Waals surface area contributed by atoms with Crippen molar-refractivity contribution in [2.24, 2.45) is 5.92 Å². The molecular formula is C15H17FO3. The summed E-state index contributed by atoms with van der Waals surface area (Å²) in [7, 11) is 0. The van der Waals surface area contributed by atoms with Crippen LogP contribution in [0.25, 0.3) is 0 Å². The van der Waals surface area contributed by atoms with Crippen LogP contribution < -0.4 is 0 Å². The average molecular weight is 264 g/mol. The monoisotopic (exact) mass is 264 g/mol. The number of hydrogen-bond acceptors (Lipinski definition) is 3. The number of hydrogen-bond donors (Lipinski definition) is 0. The van der Waals surface area contributed by atoms with E-state index >= 15 is 0 Å². The Balaban J connectivity index is 1.62. The van der Waals surface area contributed by atoms with Crippen LogP contribution in [0.3, 0.4) is 0 Å². The first kappa shape index (κ1) is 12.6. The summed E-state index contributed by atoms with van der Waals surface area (Å²) in [5.74, 6) is -0.190. The molecule has 1 aliphatic heterocycles. The minimum Gasteiger partial charge on any atom is -0.457 e. The molecule has 1 aromatic rings. The minimum atomic E-state index is -0.277. The zero-order chi connectivity index (χ0) is 13.2. The molecule has 2 unspecified atom stereocenters. The third-order valence-electron chi connectivity index (χ3n) is 3.88. The van der Waals surface area contributed by atoms with Crippen molar-refractivity contribution in [3.8, 4) is 0 Å².